The zero-order chi connectivity index (χ0) is 12.7. The van der Waals surface area contributed by atoms with Crippen molar-refractivity contribution in [2.24, 2.45) is 0 Å². The van der Waals surface area contributed by atoms with Crippen LogP contribution in [0.2, 0.25) is 0 Å². The number of aryl methyl sites for hydroxylation is 2. The van der Waals surface area contributed by atoms with E-state index in [0.717, 1.165) is 6.42 Å². The summed E-state index contributed by atoms with van der Waals surface area (Å²) in [4.78, 5) is 0. The summed E-state index contributed by atoms with van der Waals surface area (Å²) in [5.41, 5.74) is 8.60. The van der Waals surface area contributed by atoms with Gasteiger partial charge >= 0.3 is 0 Å². The van der Waals surface area contributed by atoms with E-state index in [-0.39, 0.29) is 0 Å². The average Bonchev–Trinajstić information content (AvgIpc) is 3.05. The van der Waals surface area contributed by atoms with E-state index >= 15 is 0 Å². The lowest BCUT2D eigenvalue weighted by molar-refractivity contribution is 0.911. The van der Waals surface area contributed by atoms with Crippen molar-refractivity contribution in [1.82, 2.24) is 0 Å². The summed E-state index contributed by atoms with van der Waals surface area (Å²) in [6.07, 6.45) is 10.4. The van der Waals surface area contributed by atoms with Crippen molar-refractivity contribution >= 4 is 5.57 Å². The van der Waals surface area contributed by atoms with Gasteiger partial charge < -0.3 is 0 Å². The van der Waals surface area contributed by atoms with Gasteiger partial charge in [0.05, 0.1) is 0 Å². The topological polar surface area (TPSA) is 0 Å². The van der Waals surface area contributed by atoms with Crippen molar-refractivity contribution in [1.29, 1.82) is 0 Å². The minimum atomic E-state index is 1.01. The lowest BCUT2D eigenvalue weighted by Crippen LogP contribution is -1.93. The molecule has 0 bridgehead atoms. The van der Waals surface area contributed by atoms with E-state index in [9.17, 15) is 0 Å². The van der Waals surface area contributed by atoms with Gasteiger partial charge in [-0.3, -0.25) is 0 Å². The lowest BCUT2D eigenvalue weighted by Gasteiger charge is -2.09. The fraction of sp³-hybridized carbons (Fsp3) is 0.211. The molecule has 2 aromatic rings. The standard InChI is InChI=1S/C19H16/c1-2-5-14(6-3-1)11-17-9-10-18-12-15-7-4-8-16(15)13-19(17)18/h1-3,5-6,9,12-13H,4,7-8,11H2. The maximum atomic E-state index is 3.44. The highest BCUT2D eigenvalue weighted by molar-refractivity contribution is 5.79. The molecule has 0 unspecified atom stereocenters. The fourth-order valence-electron chi connectivity index (χ4n) is 3.21. The molecule has 0 spiro atoms. The van der Waals surface area contributed by atoms with Gasteiger partial charge in [0.2, 0.25) is 0 Å². The van der Waals surface area contributed by atoms with Crippen LogP contribution in [-0.4, -0.2) is 0 Å². The van der Waals surface area contributed by atoms with Crippen LogP contribution in [0.1, 0.15) is 34.2 Å². The molecule has 19 heavy (non-hydrogen) atoms. The molecule has 0 saturated carbocycles. The highest BCUT2D eigenvalue weighted by atomic mass is 14.2. The smallest absolute Gasteiger partial charge is 0.0432 e. The molecular formula is C19H16. The summed E-state index contributed by atoms with van der Waals surface area (Å²) in [6.45, 7) is 0. The Bertz CT molecular complexity index is 647. The summed E-state index contributed by atoms with van der Waals surface area (Å²) in [5.74, 6) is 0. The minimum absolute atomic E-state index is 1.01. The maximum Gasteiger partial charge on any atom is 0.0432 e. The van der Waals surface area contributed by atoms with Crippen LogP contribution in [0.5, 0.6) is 0 Å². The van der Waals surface area contributed by atoms with E-state index < -0.39 is 0 Å². The molecule has 0 N–H and O–H groups in total. The van der Waals surface area contributed by atoms with Gasteiger partial charge in [-0.05, 0) is 59.1 Å². The molecule has 2 aliphatic carbocycles. The summed E-state index contributed by atoms with van der Waals surface area (Å²) in [6, 6.07) is 15.5. The fourth-order valence-corrected chi connectivity index (χ4v) is 3.21. The number of benzene rings is 2. The van der Waals surface area contributed by atoms with E-state index in [2.05, 4.69) is 55.0 Å². The molecule has 0 aromatic heterocycles. The number of hydrogen-bond acceptors (Lipinski definition) is 0. The van der Waals surface area contributed by atoms with Crippen LogP contribution >= 0.6 is 0 Å². The van der Waals surface area contributed by atoms with E-state index in [1.807, 2.05) is 0 Å². The molecule has 0 atom stereocenters. The Balaban J connectivity index is 1.68. The zero-order valence-corrected chi connectivity index (χ0v) is 10.9. The lowest BCUT2D eigenvalue weighted by atomic mass is 9.95. The third-order valence-electron chi connectivity index (χ3n) is 4.22. The van der Waals surface area contributed by atoms with Crippen molar-refractivity contribution in [3.8, 4) is 0 Å². The molecule has 92 valence electrons. The first-order chi connectivity index (χ1) is 9.40. The largest absolute Gasteiger partial charge is 0.0673 e. The van der Waals surface area contributed by atoms with Gasteiger partial charge in [-0.1, -0.05) is 48.5 Å². The molecule has 4 rings (SSSR count). The van der Waals surface area contributed by atoms with Crippen LogP contribution in [0.4, 0.5) is 0 Å². The highest BCUT2D eigenvalue weighted by Crippen LogP contribution is 2.35. The first kappa shape index (κ1) is 11.0. The van der Waals surface area contributed by atoms with Gasteiger partial charge in [0.1, 0.15) is 0 Å². The van der Waals surface area contributed by atoms with Gasteiger partial charge in [-0.25, -0.2) is 0 Å². The minimum Gasteiger partial charge on any atom is -0.0673 e. The predicted octanol–water partition coefficient (Wildman–Crippen LogP) is 4.24. The summed E-state index contributed by atoms with van der Waals surface area (Å²) >= 11 is 0. The Morgan fingerprint density at radius 3 is 2.58 bits per heavy atom. The van der Waals surface area contributed by atoms with Crippen LogP contribution in [-0.2, 0) is 19.3 Å². The molecule has 2 aliphatic rings. The summed E-state index contributed by atoms with van der Waals surface area (Å²) < 4.78 is 0. The molecule has 0 heterocycles. The Kier molecular flexibility index (Phi) is 2.55. The molecule has 0 fully saturated rings. The van der Waals surface area contributed by atoms with Gasteiger partial charge in [0.15, 0.2) is 0 Å². The average molecular weight is 244 g/mol. The summed E-state index contributed by atoms with van der Waals surface area (Å²) in [7, 11) is 0. The second kappa shape index (κ2) is 4.38. The third kappa shape index (κ3) is 1.92. The number of rotatable bonds is 2. The van der Waals surface area contributed by atoms with Gasteiger partial charge in [-0.15, -0.1) is 0 Å². The summed E-state index contributed by atoms with van der Waals surface area (Å²) in [5, 5.41) is 0. The molecule has 0 saturated heterocycles. The molecular weight excluding hydrogens is 228 g/mol. The van der Waals surface area contributed by atoms with Gasteiger partial charge in [-0.2, -0.15) is 0 Å². The van der Waals surface area contributed by atoms with E-state index in [1.54, 1.807) is 11.1 Å². The van der Waals surface area contributed by atoms with Crippen LogP contribution in [0.25, 0.3) is 5.57 Å². The molecule has 2 radical (unpaired) electrons. The van der Waals surface area contributed by atoms with E-state index in [1.165, 1.54) is 41.5 Å². The zero-order valence-electron chi connectivity index (χ0n) is 10.9. The van der Waals surface area contributed by atoms with Crippen LogP contribution in [0.3, 0.4) is 0 Å². The predicted molar refractivity (Wildman–Crippen MR) is 78.9 cm³/mol. The van der Waals surface area contributed by atoms with Crippen molar-refractivity contribution < 1.29 is 0 Å². The first-order valence-corrected chi connectivity index (χ1v) is 7.06. The Morgan fingerprint density at radius 2 is 1.74 bits per heavy atom. The molecule has 0 heteroatoms. The Morgan fingerprint density at radius 1 is 0.947 bits per heavy atom. The van der Waals surface area contributed by atoms with Crippen LogP contribution in [0, 0.1) is 6.42 Å². The molecule has 0 nitrogen and oxygen atoms in total. The monoisotopic (exact) mass is 244 g/mol. The van der Waals surface area contributed by atoms with Crippen molar-refractivity contribution in [2.75, 3.05) is 0 Å². The Hall–Kier alpha value is -1.82. The third-order valence-corrected chi connectivity index (χ3v) is 4.22. The normalized spacial score (nSPS) is 16.1. The van der Waals surface area contributed by atoms with Gasteiger partial charge in [0.25, 0.3) is 0 Å². The molecule has 0 aliphatic heterocycles. The molecule has 2 aromatic carbocycles. The number of allylic oxidation sites excluding steroid dienone is 2. The van der Waals surface area contributed by atoms with Gasteiger partial charge in [0, 0.05) is 6.42 Å². The van der Waals surface area contributed by atoms with Crippen molar-refractivity contribution in [3.63, 3.8) is 0 Å². The Labute approximate surface area is 114 Å². The van der Waals surface area contributed by atoms with E-state index in [0.29, 0.717) is 0 Å². The number of fused-ring (bicyclic) bond motifs is 2. The second-order valence-corrected chi connectivity index (χ2v) is 5.50. The maximum absolute atomic E-state index is 3.44. The SMILES string of the molecule is [C]1C=C(Cc2ccccc2)c2cc3c(cc21)CCC3. The van der Waals surface area contributed by atoms with Crippen molar-refractivity contribution in [2.45, 2.75) is 25.7 Å². The van der Waals surface area contributed by atoms with Crippen LogP contribution < -0.4 is 0 Å². The highest BCUT2D eigenvalue weighted by Gasteiger charge is 2.20. The first-order valence-electron chi connectivity index (χ1n) is 7.06. The number of hydrogen-bond donors (Lipinski definition) is 0. The van der Waals surface area contributed by atoms with E-state index in [4.69, 9.17) is 0 Å². The van der Waals surface area contributed by atoms with Crippen LogP contribution in [0.15, 0.2) is 48.5 Å². The second-order valence-electron chi connectivity index (χ2n) is 5.50. The molecule has 0 amide bonds. The quantitative estimate of drug-likeness (QED) is 0.741. The van der Waals surface area contributed by atoms with Crippen molar-refractivity contribution in [3.05, 3.63) is 82.8 Å².